The zero-order valence-electron chi connectivity index (χ0n) is 14.3. The van der Waals surface area contributed by atoms with Crippen LogP contribution in [-0.4, -0.2) is 32.6 Å². The molecule has 0 aliphatic heterocycles. The molecule has 10 heteroatoms. The number of hydrogen-bond donors (Lipinski definition) is 3. The summed E-state index contributed by atoms with van der Waals surface area (Å²) in [6.45, 7) is 0. The molecule has 0 aliphatic rings. The molecule has 3 rings (SSSR count). The predicted molar refractivity (Wildman–Crippen MR) is 93.2 cm³/mol. The van der Waals surface area contributed by atoms with E-state index in [4.69, 9.17) is 16.2 Å². The summed E-state index contributed by atoms with van der Waals surface area (Å²) in [5, 5.41) is 50.6. The Morgan fingerprint density at radius 3 is 0.893 bits per heavy atom. The third kappa shape index (κ3) is 9.75. The van der Waals surface area contributed by atoms with Gasteiger partial charge in [-0.2, -0.15) is 0 Å². The second kappa shape index (κ2) is 13.6. The molecule has 0 unspecified atom stereocenters. The van der Waals surface area contributed by atoms with Crippen LogP contribution in [0.15, 0.2) is 73.2 Å². The molecule has 9 nitrogen and oxygen atoms in total. The van der Waals surface area contributed by atoms with E-state index in [-0.39, 0.29) is 33.9 Å². The zero-order chi connectivity index (χ0) is 20.1. The van der Waals surface area contributed by atoms with E-state index in [0.29, 0.717) is 0 Å². The third-order valence-corrected chi connectivity index (χ3v) is 2.69. The average molecular weight is 422 g/mol. The van der Waals surface area contributed by atoms with Gasteiger partial charge in [0.15, 0.2) is 0 Å². The number of rotatable bonds is 3. The maximum Gasteiger partial charge on any atom is 3.00 e. The van der Waals surface area contributed by atoms with E-state index in [1.165, 1.54) is 36.8 Å². The van der Waals surface area contributed by atoms with Gasteiger partial charge in [0.05, 0.1) is 17.1 Å². The molecule has 0 aromatic carbocycles. The second-order valence-corrected chi connectivity index (χ2v) is 4.63. The van der Waals surface area contributed by atoms with Crippen molar-refractivity contribution in [1.82, 2.24) is 15.0 Å². The molecule has 0 aliphatic carbocycles. The van der Waals surface area contributed by atoms with Crippen LogP contribution in [0.25, 0.3) is 0 Å². The summed E-state index contributed by atoms with van der Waals surface area (Å²) < 4.78 is 0. The Bertz CT molecular complexity index is 747. The van der Waals surface area contributed by atoms with Gasteiger partial charge in [0, 0.05) is 36.3 Å². The minimum absolute atomic E-state index is 0. The summed E-state index contributed by atoms with van der Waals surface area (Å²) in [7, 11) is 0. The van der Waals surface area contributed by atoms with Crippen LogP contribution in [0.2, 0.25) is 0 Å². The average Bonchev–Trinajstić information content (AvgIpc) is 2.71. The van der Waals surface area contributed by atoms with Gasteiger partial charge in [-0.1, -0.05) is 18.2 Å². The summed E-state index contributed by atoms with van der Waals surface area (Å²) in [6.07, 6.45) is 4.46. The van der Waals surface area contributed by atoms with Crippen LogP contribution in [0, 0.1) is 16.2 Å². The SMILES string of the molecule is N=C([O-])c1ccccn1.N=C([O-])c1ccccn1.N=C([O-])c1ccccn1.[Co+3]. The summed E-state index contributed by atoms with van der Waals surface area (Å²) in [5.41, 5.74) is 0.576. The molecule has 3 aromatic rings. The van der Waals surface area contributed by atoms with Crippen molar-refractivity contribution in [2.75, 3.05) is 0 Å². The zero-order valence-corrected chi connectivity index (χ0v) is 15.4. The van der Waals surface area contributed by atoms with E-state index in [0.717, 1.165) is 0 Å². The maximum absolute atomic E-state index is 10.2. The normalized spacial score (nSPS) is 8.57. The molecule has 3 aromatic heterocycles. The summed E-state index contributed by atoms with van der Waals surface area (Å²) in [6, 6.07) is 14.7. The summed E-state index contributed by atoms with van der Waals surface area (Å²) >= 11 is 0. The van der Waals surface area contributed by atoms with Crippen molar-refractivity contribution in [2.24, 2.45) is 0 Å². The van der Waals surface area contributed by atoms with E-state index < -0.39 is 17.7 Å². The van der Waals surface area contributed by atoms with Gasteiger partial charge in [-0.15, -0.1) is 0 Å². The minimum atomic E-state index is -0.740. The molecule has 0 spiro atoms. The molecule has 0 atom stereocenters. The van der Waals surface area contributed by atoms with Crippen LogP contribution >= 0.6 is 0 Å². The summed E-state index contributed by atoms with van der Waals surface area (Å²) in [5.74, 6) is -2.22. The van der Waals surface area contributed by atoms with Crippen LogP contribution in [0.1, 0.15) is 17.1 Å². The Labute approximate surface area is 171 Å². The summed E-state index contributed by atoms with van der Waals surface area (Å²) in [4.78, 5) is 10.9. The first-order chi connectivity index (χ1) is 12.9. The standard InChI is InChI=1S/3C6H6N2O.Co/c3*7-6(9)5-3-1-2-4-8-5;/h3*1-4H,(H2,7,9);/q;;;+3/p-3. The fourth-order valence-corrected chi connectivity index (χ4v) is 1.49. The smallest absolute Gasteiger partial charge is 0.858 e. The van der Waals surface area contributed by atoms with Crippen LogP contribution in [-0.2, 0) is 16.8 Å². The Morgan fingerprint density at radius 1 is 0.536 bits per heavy atom. The van der Waals surface area contributed by atoms with Crippen molar-refractivity contribution in [3.8, 4) is 0 Å². The predicted octanol–water partition coefficient (Wildman–Crippen LogP) is -0.701. The second-order valence-electron chi connectivity index (χ2n) is 4.63. The quantitative estimate of drug-likeness (QED) is 0.371. The fraction of sp³-hybridized carbons (Fsp3) is 0. The number of nitrogens with one attached hydrogen (secondary N) is 3. The molecule has 0 amide bonds. The van der Waals surface area contributed by atoms with Gasteiger partial charge in [-0.25, -0.2) is 0 Å². The molecule has 0 fully saturated rings. The van der Waals surface area contributed by atoms with E-state index in [1.54, 1.807) is 36.4 Å². The van der Waals surface area contributed by atoms with Gasteiger partial charge in [-0.3, -0.25) is 15.0 Å². The van der Waals surface area contributed by atoms with Crippen LogP contribution < -0.4 is 15.3 Å². The van der Waals surface area contributed by atoms with Crippen molar-refractivity contribution in [2.45, 2.75) is 0 Å². The molecule has 0 radical (unpaired) electrons. The van der Waals surface area contributed by atoms with Crippen molar-refractivity contribution >= 4 is 17.7 Å². The topological polar surface area (TPSA) is 179 Å². The van der Waals surface area contributed by atoms with E-state index >= 15 is 0 Å². The fourth-order valence-electron chi connectivity index (χ4n) is 1.49. The molecular formula is C18H15CoN6O3. The molecular weight excluding hydrogens is 407 g/mol. The largest absolute Gasteiger partial charge is 3.00 e. The first-order valence-electron chi connectivity index (χ1n) is 7.42. The van der Waals surface area contributed by atoms with Gasteiger partial charge in [-0.05, 0) is 36.4 Å². The van der Waals surface area contributed by atoms with Gasteiger partial charge < -0.3 is 31.5 Å². The minimum Gasteiger partial charge on any atom is -0.858 e. The van der Waals surface area contributed by atoms with Gasteiger partial charge >= 0.3 is 16.8 Å². The van der Waals surface area contributed by atoms with Gasteiger partial charge in [0.1, 0.15) is 0 Å². The third-order valence-electron chi connectivity index (χ3n) is 2.69. The van der Waals surface area contributed by atoms with Crippen molar-refractivity contribution in [3.05, 3.63) is 90.3 Å². The first kappa shape index (κ1) is 24.4. The van der Waals surface area contributed by atoms with E-state index in [1.807, 2.05) is 0 Å². The molecule has 3 heterocycles. The van der Waals surface area contributed by atoms with Crippen molar-refractivity contribution in [1.29, 1.82) is 16.2 Å². The monoisotopic (exact) mass is 422 g/mol. The first-order valence-corrected chi connectivity index (χ1v) is 7.42. The van der Waals surface area contributed by atoms with Gasteiger partial charge in [0.2, 0.25) is 0 Å². The maximum atomic E-state index is 10.2. The van der Waals surface area contributed by atoms with Crippen molar-refractivity contribution < 1.29 is 32.1 Å². The van der Waals surface area contributed by atoms with Crippen LogP contribution in [0.4, 0.5) is 0 Å². The Hall–Kier alpha value is -3.63. The van der Waals surface area contributed by atoms with Crippen LogP contribution in [0.3, 0.4) is 0 Å². The number of pyridine rings is 3. The number of hydrogen-bond acceptors (Lipinski definition) is 9. The van der Waals surface area contributed by atoms with Crippen molar-refractivity contribution in [3.63, 3.8) is 0 Å². The van der Waals surface area contributed by atoms with Gasteiger partial charge in [0.25, 0.3) is 0 Å². The Kier molecular flexibility index (Phi) is 11.8. The molecule has 144 valence electrons. The molecule has 0 bridgehead atoms. The molecule has 0 saturated carbocycles. The Balaban J connectivity index is 0.000000384. The molecule has 28 heavy (non-hydrogen) atoms. The molecule has 3 N–H and O–H groups in total. The molecule has 0 saturated heterocycles. The number of aromatic nitrogens is 3. The Morgan fingerprint density at radius 2 is 0.786 bits per heavy atom. The van der Waals surface area contributed by atoms with E-state index in [9.17, 15) is 15.3 Å². The van der Waals surface area contributed by atoms with E-state index in [2.05, 4.69) is 15.0 Å². The van der Waals surface area contributed by atoms with Crippen LogP contribution in [0.5, 0.6) is 0 Å². The number of nitrogens with zero attached hydrogens (tertiary/aromatic N) is 3.